The number of ether oxygens (including phenoxy) is 1. The summed E-state index contributed by atoms with van der Waals surface area (Å²) in [6.07, 6.45) is 8.76. The van der Waals surface area contributed by atoms with Crippen LogP contribution in [0.1, 0.15) is 65.7 Å². The number of hydrogen-bond donors (Lipinski definition) is 2. The van der Waals surface area contributed by atoms with Gasteiger partial charge in [0.1, 0.15) is 5.60 Å². The number of para-hydroxylation sites is 2. The molecule has 6 rings (SSSR count). The lowest BCUT2D eigenvalue weighted by molar-refractivity contribution is -0.232. The highest BCUT2D eigenvalue weighted by Gasteiger charge is 2.70. The van der Waals surface area contributed by atoms with Gasteiger partial charge in [0.15, 0.2) is 23.0 Å². The van der Waals surface area contributed by atoms with E-state index in [1.807, 2.05) is 37.3 Å². The lowest BCUT2D eigenvalue weighted by Gasteiger charge is -2.59. The SMILES string of the molecule is CCC[C@@H](O)O[C@]1(C(=O)CSc2nc3ccccc3[nH]2)CCC2C3CCC4=CC(=O)C=CC4(C)C3[C@@H](N=O)CC21C. The Labute approximate surface area is 244 Å². The van der Waals surface area contributed by atoms with Gasteiger partial charge in [-0.05, 0) is 74.6 Å². The summed E-state index contributed by atoms with van der Waals surface area (Å²) in [5, 5.41) is 15.3. The molecule has 0 radical (unpaired) electrons. The van der Waals surface area contributed by atoms with Gasteiger partial charge in [0, 0.05) is 16.7 Å². The molecule has 9 heteroatoms. The van der Waals surface area contributed by atoms with Crippen molar-refractivity contribution in [3.63, 3.8) is 0 Å². The predicted octanol–water partition coefficient (Wildman–Crippen LogP) is 6.15. The van der Waals surface area contributed by atoms with Gasteiger partial charge in [-0.15, -0.1) is 0 Å². The molecule has 0 spiro atoms. The van der Waals surface area contributed by atoms with Gasteiger partial charge in [-0.1, -0.05) is 67.9 Å². The zero-order valence-electron chi connectivity index (χ0n) is 24.0. The van der Waals surface area contributed by atoms with Crippen molar-refractivity contribution in [2.75, 3.05) is 5.75 Å². The van der Waals surface area contributed by atoms with Crippen LogP contribution in [0, 0.1) is 33.5 Å². The minimum absolute atomic E-state index is 0.00192. The van der Waals surface area contributed by atoms with Gasteiger partial charge in [0.2, 0.25) is 0 Å². The van der Waals surface area contributed by atoms with Crippen LogP contribution < -0.4 is 0 Å². The number of nitroso groups, excluding NO2 is 1. The Hall–Kier alpha value is -2.62. The molecule has 8 atom stereocenters. The first-order valence-electron chi connectivity index (χ1n) is 14.9. The van der Waals surface area contributed by atoms with E-state index in [4.69, 9.17) is 4.74 Å². The summed E-state index contributed by atoms with van der Waals surface area (Å²) in [7, 11) is 0. The Morgan fingerprint density at radius 1 is 1.29 bits per heavy atom. The highest BCUT2D eigenvalue weighted by atomic mass is 32.2. The first-order valence-corrected chi connectivity index (χ1v) is 15.9. The summed E-state index contributed by atoms with van der Waals surface area (Å²) in [5.74, 6) is 0.308. The van der Waals surface area contributed by atoms with Crippen LogP contribution in [0.25, 0.3) is 11.0 Å². The van der Waals surface area contributed by atoms with Gasteiger partial charge in [-0.25, -0.2) is 4.98 Å². The molecule has 5 unspecified atom stereocenters. The van der Waals surface area contributed by atoms with E-state index >= 15 is 0 Å². The van der Waals surface area contributed by atoms with E-state index in [2.05, 4.69) is 29.0 Å². The Morgan fingerprint density at radius 2 is 2.10 bits per heavy atom. The number of thioether (sulfide) groups is 1. The summed E-state index contributed by atoms with van der Waals surface area (Å²) in [6, 6.07) is 7.22. The average molecular weight is 578 g/mol. The Kier molecular flexibility index (Phi) is 7.35. The molecule has 218 valence electrons. The molecular formula is C32H39N3O5S. The molecule has 0 saturated heterocycles. The van der Waals surface area contributed by atoms with Gasteiger partial charge in [0.05, 0.1) is 22.8 Å². The van der Waals surface area contributed by atoms with Crippen molar-refractivity contribution in [1.29, 1.82) is 0 Å². The fourth-order valence-electron chi connectivity index (χ4n) is 8.92. The molecule has 1 heterocycles. The van der Waals surface area contributed by atoms with Crippen LogP contribution in [0.15, 0.2) is 58.4 Å². The number of allylic oxidation sites excluding steroid dienone is 4. The van der Waals surface area contributed by atoms with Crippen LogP contribution in [0.4, 0.5) is 0 Å². The maximum Gasteiger partial charge on any atom is 0.178 e. The van der Waals surface area contributed by atoms with Crippen LogP contribution in [0.5, 0.6) is 0 Å². The molecule has 4 aliphatic rings. The van der Waals surface area contributed by atoms with Gasteiger partial charge in [-0.3, -0.25) is 9.59 Å². The number of nitrogens with zero attached hydrogens (tertiary/aromatic N) is 2. The maximum atomic E-state index is 14.4. The van der Waals surface area contributed by atoms with Crippen LogP contribution in [0.3, 0.4) is 0 Å². The highest BCUT2D eigenvalue weighted by Crippen LogP contribution is 2.68. The fraction of sp³-hybridized carbons (Fsp3) is 0.594. The topological polar surface area (TPSA) is 122 Å². The lowest BCUT2D eigenvalue weighted by atomic mass is 9.45. The predicted molar refractivity (Wildman–Crippen MR) is 158 cm³/mol. The number of fused-ring (bicyclic) bond motifs is 6. The Balaban J connectivity index is 1.34. The molecule has 3 saturated carbocycles. The summed E-state index contributed by atoms with van der Waals surface area (Å²) < 4.78 is 6.49. The van der Waals surface area contributed by atoms with Crippen molar-refractivity contribution in [2.45, 2.75) is 88.8 Å². The molecule has 1 aromatic heterocycles. The first kappa shape index (κ1) is 28.5. The summed E-state index contributed by atoms with van der Waals surface area (Å²) in [5.41, 5.74) is 0.533. The molecular weight excluding hydrogens is 538 g/mol. The molecule has 8 nitrogen and oxygen atoms in total. The third-order valence-corrected chi connectivity index (χ3v) is 11.7. The molecule has 0 bridgehead atoms. The monoisotopic (exact) mass is 577 g/mol. The highest BCUT2D eigenvalue weighted by molar-refractivity contribution is 7.99. The molecule has 2 N–H and O–H groups in total. The number of aliphatic hydroxyl groups excluding tert-OH is 1. The number of benzene rings is 1. The number of aromatic amines is 1. The van der Waals surface area contributed by atoms with Crippen LogP contribution in [-0.4, -0.2) is 50.3 Å². The van der Waals surface area contributed by atoms with E-state index in [9.17, 15) is 19.6 Å². The van der Waals surface area contributed by atoms with E-state index in [1.165, 1.54) is 11.8 Å². The molecule has 2 aromatic rings. The van der Waals surface area contributed by atoms with Gasteiger partial charge >= 0.3 is 0 Å². The normalized spacial score (nSPS) is 36.8. The molecule has 0 amide bonds. The summed E-state index contributed by atoms with van der Waals surface area (Å²) in [6.45, 7) is 6.21. The second kappa shape index (κ2) is 10.6. The number of ketones is 2. The minimum Gasteiger partial charge on any atom is -0.368 e. The van der Waals surface area contributed by atoms with E-state index in [0.29, 0.717) is 24.4 Å². The Bertz CT molecular complexity index is 1400. The lowest BCUT2D eigenvalue weighted by Crippen LogP contribution is -2.62. The number of rotatable bonds is 9. The average Bonchev–Trinajstić information content (AvgIpc) is 3.50. The summed E-state index contributed by atoms with van der Waals surface area (Å²) in [4.78, 5) is 47.1. The standard InChI is InChI=1S/C32H39N3O5S/c1-4-7-27(38)40-32(26(37)18-41-29-33-23-8-5-6-9-24(23)34-29)15-13-22-21-11-10-19-16-20(36)12-14-30(19,2)28(21)25(35-39)17-31(22,32)3/h5-6,8-9,12,14,16,21-22,25,27-28,38H,4,7,10-11,13,15,17-18H2,1-3H3,(H,33,34)/t21?,22?,25-,27-,28?,30?,31?,32-/m0/s1. The second-order valence-corrected chi connectivity index (χ2v) is 13.8. The number of carbonyl (C=O) groups is 2. The zero-order valence-corrected chi connectivity index (χ0v) is 24.8. The van der Waals surface area contributed by atoms with E-state index in [0.717, 1.165) is 42.3 Å². The molecule has 3 fully saturated rings. The van der Waals surface area contributed by atoms with Gasteiger partial charge < -0.3 is 14.8 Å². The number of Topliss-reactive ketones (excluding diaryl/α,β-unsaturated/α-hetero) is 1. The molecule has 41 heavy (non-hydrogen) atoms. The molecule has 0 aliphatic heterocycles. The maximum absolute atomic E-state index is 14.4. The van der Waals surface area contributed by atoms with Crippen molar-refractivity contribution in [1.82, 2.24) is 9.97 Å². The van der Waals surface area contributed by atoms with Crippen LogP contribution in [-0.2, 0) is 14.3 Å². The van der Waals surface area contributed by atoms with Gasteiger partial charge in [-0.2, -0.15) is 4.91 Å². The van der Waals surface area contributed by atoms with Crippen molar-refractivity contribution in [3.05, 3.63) is 53.0 Å². The first-order chi connectivity index (χ1) is 19.6. The van der Waals surface area contributed by atoms with Crippen LogP contribution >= 0.6 is 11.8 Å². The van der Waals surface area contributed by atoms with E-state index in [1.54, 1.807) is 12.2 Å². The number of nitrogens with one attached hydrogen (secondary N) is 1. The number of carbonyl (C=O) groups excluding carboxylic acids is 2. The number of aliphatic hydroxyl groups is 1. The number of aromatic nitrogens is 2. The van der Waals surface area contributed by atoms with Crippen molar-refractivity contribution in [3.8, 4) is 0 Å². The fourth-order valence-corrected chi connectivity index (χ4v) is 9.77. The van der Waals surface area contributed by atoms with Crippen molar-refractivity contribution >= 4 is 34.4 Å². The molecule has 4 aliphatic carbocycles. The third kappa shape index (κ3) is 4.46. The van der Waals surface area contributed by atoms with Crippen molar-refractivity contribution in [2.24, 2.45) is 33.8 Å². The van der Waals surface area contributed by atoms with Crippen LogP contribution in [0.2, 0.25) is 0 Å². The minimum atomic E-state index is -1.23. The van der Waals surface area contributed by atoms with Crippen molar-refractivity contribution < 1.29 is 19.4 Å². The quantitative estimate of drug-likeness (QED) is 0.208. The van der Waals surface area contributed by atoms with Gasteiger partial charge in [0.25, 0.3) is 0 Å². The zero-order chi connectivity index (χ0) is 29.0. The Morgan fingerprint density at radius 3 is 2.85 bits per heavy atom. The third-order valence-electron chi connectivity index (χ3n) is 10.8. The smallest absolute Gasteiger partial charge is 0.178 e. The number of H-pyrrole nitrogens is 1. The van der Waals surface area contributed by atoms with E-state index < -0.39 is 28.8 Å². The number of hydrogen-bond acceptors (Lipinski definition) is 8. The largest absolute Gasteiger partial charge is 0.368 e. The summed E-state index contributed by atoms with van der Waals surface area (Å²) >= 11 is 1.35. The van der Waals surface area contributed by atoms with E-state index in [-0.39, 0.29) is 35.1 Å². The number of imidazole rings is 1. The molecule has 1 aromatic carbocycles. The second-order valence-electron chi connectivity index (χ2n) is 12.8.